The van der Waals surface area contributed by atoms with E-state index in [4.69, 9.17) is 9.26 Å². The molecule has 0 bridgehead atoms. The number of nitrogens with zero attached hydrogens (tertiary/aromatic N) is 2. The van der Waals surface area contributed by atoms with Crippen LogP contribution in [0.25, 0.3) is 0 Å². The van der Waals surface area contributed by atoms with Gasteiger partial charge >= 0.3 is 0 Å². The molecule has 1 aromatic rings. The summed E-state index contributed by atoms with van der Waals surface area (Å²) in [7, 11) is 0. The molecule has 94 valence electrons. The van der Waals surface area contributed by atoms with E-state index in [-0.39, 0.29) is 5.41 Å². The Bertz CT molecular complexity index is 379. The molecule has 2 aliphatic rings. The molecular formula is C12H19N3O2. The quantitative estimate of drug-likeness (QED) is 0.838. The topological polar surface area (TPSA) is 60.2 Å². The van der Waals surface area contributed by atoms with Crippen LogP contribution in [0.4, 0.5) is 0 Å². The fourth-order valence-electron chi connectivity index (χ4n) is 2.60. The maximum absolute atomic E-state index is 5.46. The fourth-order valence-corrected chi connectivity index (χ4v) is 2.60. The summed E-state index contributed by atoms with van der Waals surface area (Å²) in [6, 6.07) is 0. The van der Waals surface area contributed by atoms with Crippen molar-refractivity contribution in [3.05, 3.63) is 11.7 Å². The number of nitrogens with one attached hydrogen (secondary N) is 1. The van der Waals surface area contributed by atoms with Gasteiger partial charge in [0.2, 0.25) is 5.89 Å². The summed E-state index contributed by atoms with van der Waals surface area (Å²) >= 11 is 0. The Labute approximate surface area is 101 Å². The van der Waals surface area contributed by atoms with E-state index in [1.165, 1.54) is 0 Å². The summed E-state index contributed by atoms with van der Waals surface area (Å²) in [6.45, 7) is 5.78. The molecule has 2 aliphatic heterocycles. The first-order chi connectivity index (χ1) is 8.28. The van der Waals surface area contributed by atoms with Gasteiger partial charge in [-0.05, 0) is 32.7 Å². The van der Waals surface area contributed by atoms with Crippen LogP contribution in [-0.4, -0.2) is 36.4 Å². The Morgan fingerprint density at radius 1 is 1.35 bits per heavy atom. The van der Waals surface area contributed by atoms with Crippen molar-refractivity contribution in [2.75, 3.05) is 26.3 Å². The molecule has 1 N–H and O–H groups in total. The minimum Gasteiger partial charge on any atom is -0.381 e. The van der Waals surface area contributed by atoms with Crippen LogP contribution in [0.1, 0.15) is 43.8 Å². The molecule has 17 heavy (non-hydrogen) atoms. The molecule has 2 saturated heterocycles. The van der Waals surface area contributed by atoms with Crippen molar-refractivity contribution in [1.82, 2.24) is 15.5 Å². The van der Waals surface area contributed by atoms with Crippen molar-refractivity contribution < 1.29 is 9.26 Å². The second kappa shape index (κ2) is 4.38. The standard InChI is InChI=1S/C12H19N3O2/c1-12(4-5-13-8-12)11-14-10(15-17-11)9-2-6-16-7-3-9/h9,13H,2-8H2,1H3. The van der Waals surface area contributed by atoms with Crippen LogP contribution in [0.5, 0.6) is 0 Å². The maximum Gasteiger partial charge on any atom is 0.233 e. The summed E-state index contributed by atoms with van der Waals surface area (Å²) in [5.74, 6) is 2.08. The predicted octanol–water partition coefficient (Wildman–Crippen LogP) is 1.21. The SMILES string of the molecule is CC1(c2nc(C3CCOCC3)no2)CCNC1. The van der Waals surface area contributed by atoms with Gasteiger partial charge in [-0.1, -0.05) is 5.16 Å². The van der Waals surface area contributed by atoms with Gasteiger partial charge in [0.1, 0.15) is 0 Å². The Morgan fingerprint density at radius 2 is 2.18 bits per heavy atom. The van der Waals surface area contributed by atoms with Gasteiger partial charge in [-0.15, -0.1) is 0 Å². The average molecular weight is 237 g/mol. The van der Waals surface area contributed by atoms with E-state index in [9.17, 15) is 0 Å². The predicted molar refractivity (Wildman–Crippen MR) is 61.9 cm³/mol. The first-order valence-electron chi connectivity index (χ1n) is 6.40. The van der Waals surface area contributed by atoms with Gasteiger partial charge < -0.3 is 14.6 Å². The van der Waals surface area contributed by atoms with Gasteiger partial charge in [-0.3, -0.25) is 0 Å². The van der Waals surface area contributed by atoms with Crippen LogP contribution < -0.4 is 5.32 Å². The molecule has 0 aliphatic carbocycles. The highest BCUT2D eigenvalue weighted by Gasteiger charge is 2.36. The molecule has 0 radical (unpaired) electrons. The molecule has 1 aromatic heterocycles. The van der Waals surface area contributed by atoms with Crippen LogP contribution in [0.2, 0.25) is 0 Å². The Balaban J connectivity index is 1.77. The summed E-state index contributed by atoms with van der Waals surface area (Å²) < 4.78 is 10.8. The largest absolute Gasteiger partial charge is 0.381 e. The van der Waals surface area contributed by atoms with E-state index in [2.05, 4.69) is 22.4 Å². The van der Waals surface area contributed by atoms with E-state index in [0.717, 1.165) is 57.3 Å². The zero-order chi connectivity index (χ0) is 11.7. The second-order valence-corrected chi connectivity index (χ2v) is 5.33. The van der Waals surface area contributed by atoms with Gasteiger partial charge in [0.05, 0.1) is 5.41 Å². The van der Waals surface area contributed by atoms with Gasteiger partial charge in [0.25, 0.3) is 0 Å². The minimum atomic E-state index is 0.0242. The third-order valence-corrected chi connectivity index (χ3v) is 3.91. The Morgan fingerprint density at radius 3 is 2.88 bits per heavy atom. The van der Waals surface area contributed by atoms with Crippen molar-refractivity contribution in [2.24, 2.45) is 0 Å². The molecule has 3 heterocycles. The third-order valence-electron chi connectivity index (χ3n) is 3.91. The van der Waals surface area contributed by atoms with E-state index < -0.39 is 0 Å². The highest BCUT2D eigenvalue weighted by atomic mass is 16.5. The van der Waals surface area contributed by atoms with Crippen molar-refractivity contribution in [1.29, 1.82) is 0 Å². The molecule has 5 heteroatoms. The molecule has 0 amide bonds. The highest BCUT2D eigenvalue weighted by Crippen LogP contribution is 2.31. The van der Waals surface area contributed by atoms with E-state index in [1.807, 2.05) is 0 Å². The molecule has 0 saturated carbocycles. The number of ether oxygens (including phenoxy) is 1. The zero-order valence-corrected chi connectivity index (χ0v) is 10.2. The van der Waals surface area contributed by atoms with Gasteiger partial charge in [-0.2, -0.15) is 4.98 Å². The van der Waals surface area contributed by atoms with Crippen molar-refractivity contribution >= 4 is 0 Å². The van der Waals surface area contributed by atoms with Crippen molar-refractivity contribution in [2.45, 2.75) is 37.5 Å². The molecule has 0 spiro atoms. The molecular weight excluding hydrogens is 218 g/mol. The Hall–Kier alpha value is -0.940. The van der Waals surface area contributed by atoms with Gasteiger partial charge in [-0.25, -0.2) is 0 Å². The Kier molecular flexibility index (Phi) is 2.88. The molecule has 1 unspecified atom stereocenters. The minimum absolute atomic E-state index is 0.0242. The fraction of sp³-hybridized carbons (Fsp3) is 0.833. The summed E-state index contributed by atoms with van der Waals surface area (Å²) in [5.41, 5.74) is 0.0242. The number of aromatic nitrogens is 2. The number of hydrogen-bond donors (Lipinski definition) is 1. The first kappa shape index (κ1) is 11.2. The van der Waals surface area contributed by atoms with Crippen molar-refractivity contribution in [3.8, 4) is 0 Å². The first-order valence-corrected chi connectivity index (χ1v) is 6.40. The lowest BCUT2D eigenvalue weighted by Gasteiger charge is -2.19. The molecule has 3 rings (SSSR count). The zero-order valence-electron chi connectivity index (χ0n) is 10.2. The normalized spacial score (nSPS) is 30.9. The van der Waals surface area contributed by atoms with Crippen LogP contribution >= 0.6 is 0 Å². The van der Waals surface area contributed by atoms with Crippen LogP contribution in [0, 0.1) is 0 Å². The third kappa shape index (κ3) is 2.09. The smallest absolute Gasteiger partial charge is 0.233 e. The average Bonchev–Trinajstić information content (AvgIpc) is 2.99. The molecule has 1 atom stereocenters. The van der Waals surface area contributed by atoms with Crippen LogP contribution in [-0.2, 0) is 10.2 Å². The van der Waals surface area contributed by atoms with Crippen LogP contribution in [0.15, 0.2) is 4.52 Å². The monoisotopic (exact) mass is 237 g/mol. The van der Waals surface area contributed by atoms with Gasteiger partial charge in [0, 0.05) is 25.7 Å². The summed E-state index contributed by atoms with van der Waals surface area (Å²) in [4.78, 5) is 4.61. The summed E-state index contributed by atoms with van der Waals surface area (Å²) in [6.07, 6.45) is 3.09. The van der Waals surface area contributed by atoms with Crippen molar-refractivity contribution in [3.63, 3.8) is 0 Å². The summed E-state index contributed by atoms with van der Waals surface area (Å²) in [5, 5.41) is 7.51. The van der Waals surface area contributed by atoms with E-state index in [0.29, 0.717) is 5.92 Å². The maximum atomic E-state index is 5.46. The lowest BCUT2D eigenvalue weighted by atomic mass is 9.90. The second-order valence-electron chi connectivity index (χ2n) is 5.33. The highest BCUT2D eigenvalue weighted by molar-refractivity contribution is 5.09. The molecule has 5 nitrogen and oxygen atoms in total. The van der Waals surface area contributed by atoms with Gasteiger partial charge in [0.15, 0.2) is 5.82 Å². The van der Waals surface area contributed by atoms with E-state index >= 15 is 0 Å². The number of hydrogen-bond acceptors (Lipinski definition) is 5. The van der Waals surface area contributed by atoms with Crippen LogP contribution in [0.3, 0.4) is 0 Å². The molecule has 0 aromatic carbocycles. The number of rotatable bonds is 2. The lowest BCUT2D eigenvalue weighted by molar-refractivity contribution is 0.0830. The van der Waals surface area contributed by atoms with E-state index in [1.54, 1.807) is 0 Å². The lowest BCUT2D eigenvalue weighted by Crippen LogP contribution is -2.25. The molecule has 2 fully saturated rings.